The summed E-state index contributed by atoms with van der Waals surface area (Å²) in [4.78, 5) is 14.6. The van der Waals surface area contributed by atoms with Crippen molar-refractivity contribution in [3.63, 3.8) is 0 Å². The van der Waals surface area contributed by atoms with E-state index in [1.54, 1.807) is 12.1 Å². The third kappa shape index (κ3) is 5.30. The molecule has 0 spiro atoms. The van der Waals surface area contributed by atoms with Crippen LogP contribution >= 0.6 is 0 Å². The van der Waals surface area contributed by atoms with Crippen molar-refractivity contribution in [2.24, 2.45) is 0 Å². The molecule has 0 radical (unpaired) electrons. The summed E-state index contributed by atoms with van der Waals surface area (Å²) in [6.07, 6.45) is -4.50. The molecule has 0 N–H and O–H groups in total. The fourth-order valence-corrected chi connectivity index (χ4v) is 7.76. The highest BCUT2D eigenvalue weighted by atomic mass is 19.4. The van der Waals surface area contributed by atoms with Gasteiger partial charge in [0.2, 0.25) is 0 Å². The minimum atomic E-state index is -4.50. The van der Waals surface area contributed by atoms with Gasteiger partial charge in [-0.05, 0) is 54.6 Å². The summed E-state index contributed by atoms with van der Waals surface area (Å²) in [5, 5.41) is 14.5. The maximum Gasteiger partial charge on any atom is 0.416 e. The van der Waals surface area contributed by atoms with Gasteiger partial charge in [0.25, 0.3) is 0 Å². The van der Waals surface area contributed by atoms with E-state index in [1.807, 2.05) is 138 Å². The third-order valence-electron chi connectivity index (χ3n) is 10.2. The van der Waals surface area contributed by atoms with E-state index in [4.69, 9.17) is 15.0 Å². The van der Waals surface area contributed by atoms with Crippen LogP contribution in [0.3, 0.4) is 0 Å². The highest BCUT2D eigenvalue weighted by Gasteiger charge is 2.31. The van der Waals surface area contributed by atoms with Crippen molar-refractivity contribution in [2.75, 3.05) is 0 Å². The molecule has 0 saturated heterocycles. The number of nitrogens with zero attached hydrogens (tertiary/aromatic N) is 6. The van der Waals surface area contributed by atoms with E-state index in [0.717, 1.165) is 60.8 Å². The lowest BCUT2D eigenvalue weighted by atomic mass is 10.1. The summed E-state index contributed by atoms with van der Waals surface area (Å²) in [5.74, 6) is 1.45. The molecule has 7 aromatic carbocycles. The SMILES string of the molecule is N#Cc1cc(-c2nc(-c3ccccc3)nc(-c3ccccc3)n2)ccc1-n1c2ccccc2c2ccc3c(c4ccccc4n3-c3cccc(C(F)(F)F)c3)c21. The largest absolute Gasteiger partial charge is 0.416 e. The zero-order valence-corrected chi connectivity index (χ0v) is 29.4. The van der Waals surface area contributed by atoms with Gasteiger partial charge in [0.15, 0.2) is 17.5 Å². The molecule has 10 rings (SSSR count). The standard InChI is InChI=1S/C47H27F3N6/c48-47(49,50)33-16-11-17-34(27-33)55-40-21-10-8-19-37(40)42-41(55)25-23-36-35-18-7-9-20-39(35)56(43(36)42)38-24-22-31(26-32(38)28-51)46-53-44(29-12-3-1-4-13-29)52-45(54-46)30-14-5-2-6-15-30/h1-27H. The Balaban J connectivity index is 1.23. The number of alkyl halides is 3. The van der Waals surface area contributed by atoms with E-state index in [2.05, 4.69) is 10.6 Å². The Bertz CT molecular complexity index is 3140. The molecule has 0 amide bonds. The Morgan fingerprint density at radius 3 is 1.71 bits per heavy atom. The van der Waals surface area contributed by atoms with E-state index < -0.39 is 11.7 Å². The molecular formula is C47H27F3N6. The lowest BCUT2D eigenvalue weighted by Crippen LogP contribution is -2.06. The van der Waals surface area contributed by atoms with Crippen LogP contribution in [0.25, 0.3) is 89.2 Å². The molecule has 0 aliphatic carbocycles. The van der Waals surface area contributed by atoms with Gasteiger partial charge in [-0.25, -0.2) is 15.0 Å². The average molecular weight is 733 g/mol. The summed E-state index contributed by atoms with van der Waals surface area (Å²) in [6, 6.07) is 52.6. The smallest absolute Gasteiger partial charge is 0.309 e. The fourth-order valence-electron chi connectivity index (χ4n) is 7.76. The quantitative estimate of drug-likeness (QED) is 0.177. The summed E-state index contributed by atoms with van der Waals surface area (Å²) in [6.45, 7) is 0. The molecule has 6 nitrogen and oxygen atoms in total. The first kappa shape index (κ1) is 33.0. The van der Waals surface area contributed by atoms with Crippen LogP contribution in [0.2, 0.25) is 0 Å². The second kappa shape index (κ2) is 12.8. The third-order valence-corrected chi connectivity index (χ3v) is 10.2. The molecule has 10 aromatic rings. The number of fused-ring (bicyclic) bond motifs is 7. The molecule has 56 heavy (non-hydrogen) atoms. The van der Waals surface area contributed by atoms with Crippen LogP contribution in [0.5, 0.6) is 0 Å². The normalized spacial score (nSPS) is 11.8. The van der Waals surface area contributed by atoms with Gasteiger partial charge in [-0.1, -0.05) is 109 Å². The number of aromatic nitrogens is 5. The van der Waals surface area contributed by atoms with Gasteiger partial charge in [-0.3, -0.25) is 0 Å². The Labute approximate surface area is 318 Å². The van der Waals surface area contributed by atoms with Crippen LogP contribution in [0.4, 0.5) is 13.2 Å². The molecule has 0 fully saturated rings. The maximum absolute atomic E-state index is 14.0. The fraction of sp³-hybridized carbons (Fsp3) is 0.0213. The first-order valence-electron chi connectivity index (χ1n) is 17.9. The summed E-state index contributed by atoms with van der Waals surface area (Å²) in [7, 11) is 0. The topological polar surface area (TPSA) is 72.3 Å². The van der Waals surface area contributed by atoms with E-state index in [1.165, 1.54) is 12.1 Å². The first-order chi connectivity index (χ1) is 27.4. The second-order valence-corrected chi connectivity index (χ2v) is 13.5. The predicted molar refractivity (Wildman–Crippen MR) is 215 cm³/mol. The van der Waals surface area contributed by atoms with Gasteiger partial charge in [0.1, 0.15) is 6.07 Å². The van der Waals surface area contributed by atoms with E-state index in [-0.39, 0.29) is 0 Å². The monoisotopic (exact) mass is 732 g/mol. The van der Waals surface area contributed by atoms with Crippen molar-refractivity contribution in [1.29, 1.82) is 5.26 Å². The van der Waals surface area contributed by atoms with Crippen LogP contribution in [0, 0.1) is 11.3 Å². The van der Waals surface area contributed by atoms with Crippen LogP contribution in [-0.4, -0.2) is 24.1 Å². The lowest BCUT2D eigenvalue weighted by Gasteiger charge is -2.13. The molecule has 3 aromatic heterocycles. The Morgan fingerprint density at radius 2 is 1.07 bits per heavy atom. The molecule has 0 aliphatic heterocycles. The van der Waals surface area contributed by atoms with Crippen molar-refractivity contribution in [3.8, 4) is 51.6 Å². The van der Waals surface area contributed by atoms with Crippen LogP contribution in [0.1, 0.15) is 11.1 Å². The Morgan fingerprint density at radius 1 is 0.482 bits per heavy atom. The maximum atomic E-state index is 14.0. The zero-order chi connectivity index (χ0) is 38.0. The van der Waals surface area contributed by atoms with E-state index in [0.29, 0.717) is 40.0 Å². The van der Waals surface area contributed by atoms with Crippen molar-refractivity contribution in [1.82, 2.24) is 24.1 Å². The van der Waals surface area contributed by atoms with Gasteiger partial charge >= 0.3 is 6.18 Å². The number of hydrogen-bond acceptors (Lipinski definition) is 4. The molecule has 266 valence electrons. The van der Waals surface area contributed by atoms with Gasteiger partial charge in [0.05, 0.1) is 38.9 Å². The first-order valence-corrected chi connectivity index (χ1v) is 17.9. The summed E-state index contributed by atoms with van der Waals surface area (Å²) in [5.41, 5.74) is 6.27. The number of nitriles is 1. The highest BCUT2D eigenvalue weighted by Crippen LogP contribution is 2.43. The molecule has 0 aliphatic rings. The van der Waals surface area contributed by atoms with Crippen molar-refractivity contribution >= 4 is 43.6 Å². The second-order valence-electron chi connectivity index (χ2n) is 13.5. The minimum Gasteiger partial charge on any atom is -0.309 e. The zero-order valence-electron chi connectivity index (χ0n) is 29.4. The minimum absolute atomic E-state index is 0.395. The van der Waals surface area contributed by atoms with E-state index >= 15 is 0 Å². The van der Waals surface area contributed by atoms with Crippen molar-refractivity contribution in [2.45, 2.75) is 6.18 Å². The molecule has 0 bridgehead atoms. The number of hydrogen-bond donors (Lipinski definition) is 0. The molecule has 9 heteroatoms. The summed E-state index contributed by atoms with van der Waals surface area (Å²) >= 11 is 0. The van der Waals surface area contributed by atoms with E-state index in [9.17, 15) is 18.4 Å². The van der Waals surface area contributed by atoms with Crippen LogP contribution in [0.15, 0.2) is 164 Å². The van der Waals surface area contributed by atoms with Crippen molar-refractivity contribution < 1.29 is 13.2 Å². The predicted octanol–water partition coefficient (Wildman–Crippen LogP) is 12.0. The van der Waals surface area contributed by atoms with Gasteiger partial charge in [-0.15, -0.1) is 0 Å². The molecule has 0 atom stereocenters. The van der Waals surface area contributed by atoms with Crippen LogP contribution < -0.4 is 0 Å². The highest BCUT2D eigenvalue weighted by molar-refractivity contribution is 6.26. The number of para-hydroxylation sites is 2. The number of halogens is 3. The molecular weight excluding hydrogens is 706 g/mol. The Kier molecular flexibility index (Phi) is 7.54. The molecule has 0 unspecified atom stereocenters. The average Bonchev–Trinajstić information content (AvgIpc) is 3.76. The van der Waals surface area contributed by atoms with Crippen molar-refractivity contribution in [3.05, 3.63) is 175 Å². The van der Waals surface area contributed by atoms with Crippen LogP contribution in [-0.2, 0) is 6.18 Å². The van der Waals surface area contributed by atoms with Gasteiger partial charge < -0.3 is 9.13 Å². The summed E-state index contributed by atoms with van der Waals surface area (Å²) < 4.78 is 45.8. The van der Waals surface area contributed by atoms with Gasteiger partial charge in [0, 0.05) is 43.9 Å². The number of benzene rings is 7. The number of rotatable bonds is 5. The Hall–Kier alpha value is -7.57. The lowest BCUT2D eigenvalue weighted by molar-refractivity contribution is -0.137. The molecule has 3 heterocycles. The van der Waals surface area contributed by atoms with Gasteiger partial charge in [-0.2, -0.15) is 18.4 Å². The molecule has 0 saturated carbocycles.